The van der Waals surface area contributed by atoms with Gasteiger partial charge in [0.05, 0.1) is 28.2 Å². The molecule has 0 bridgehead atoms. The number of nitrogens with two attached hydrogens (primary N) is 1. The van der Waals surface area contributed by atoms with Gasteiger partial charge >= 0.3 is 0 Å². The Morgan fingerprint density at radius 2 is 2.11 bits per heavy atom. The average Bonchev–Trinajstić information content (AvgIpc) is 2.38. The van der Waals surface area contributed by atoms with Crippen LogP contribution in [0.15, 0.2) is 30.5 Å². The van der Waals surface area contributed by atoms with Crippen LogP contribution in [-0.2, 0) is 0 Å². The molecule has 0 unspecified atom stereocenters. The molecule has 7 heteroatoms. The Morgan fingerprint density at radius 1 is 1.37 bits per heavy atom. The monoisotopic (exact) mass is 299 g/mol. The molecule has 0 fully saturated rings. The lowest BCUT2D eigenvalue weighted by molar-refractivity contribution is 0.102. The van der Waals surface area contributed by atoms with E-state index in [9.17, 15) is 9.18 Å². The van der Waals surface area contributed by atoms with Gasteiger partial charge < -0.3 is 11.1 Å². The Morgan fingerprint density at radius 3 is 2.84 bits per heavy atom. The van der Waals surface area contributed by atoms with Gasteiger partial charge in [0.1, 0.15) is 5.15 Å². The predicted molar refractivity (Wildman–Crippen MR) is 73.0 cm³/mol. The Kier molecular flexibility index (Phi) is 3.87. The van der Waals surface area contributed by atoms with Crippen molar-refractivity contribution in [3.63, 3.8) is 0 Å². The number of anilines is 2. The number of nitrogens with zero attached hydrogens (tertiary/aromatic N) is 1. The van der Waals surface area contributed by atoms with Crippen molar-refractivity contribution in [2.75, 3.05) is 11.1 Å². The number of aromatic nitrogens is 1. The van der Waals surface area contributed by atoms with Crippen LogP contribution in [0, 0.1) is 5.82 Å². The third-order valence-electron chi connectivity index (χ3n) is 2.30. The smallest absolute Gasteiger partial charge is 0.258 e. The van der Waals surface area contributed by atoms with E-state index in [0.717, 1.165) is 0 Å². The van der Waals surface area contributed by atoms with E-state index in [1.165, 1.54) is 30.5 Å². The van der Waals surface area contributed by atoms with Crippen molar-refractivity contribution in [2.45, 2.75) is 0 Å². The normalized spacial score (nSPS) is 10.3. The Bertz CT molecular complexity index is 649. The van der Waals surface area contributed by atoms with Crippen LogP contribution in [0.4, 0.5) is 15.8 Å². The summed E-state index contributed by atoms with van der Waals surface area (Å²) in [7, 11) is 0. The molecular weight excluding hydrogens is 292 g/mol. The zero-order valence-electron chi connectivity index (χ0n) is 9.45. The van der Waals surface area contributed by atoms with E-state index >= 15 is 0 Å². The van der Waals surface area contributed by atoms with E-state index in [1.54, 1.807) is 0 Å². The molecule has 1 aromatic heterocycles. The zero-order valence-corrected chi connectivity index (χ0v) is 11.0. The van der Waals surface area contributed by atoms with Gasteiger partial charge in [-0.05, 0) is 18.2 Å². The van der Waals surface area contributed by atoms with Gasteiger partial charge in [-0.1, -0.05) is 29.3 Å². The molecule has 0 aliphatic rings. The Balaban J connectivity index is 2.31. The second-order valence-electron chi connectivity index (χ2n) is 3.66. The average molecular weight is 300 g/mol. The summed E-state index contributed by atoms with van der Waals surface area (Å²) in [5.74, 6) is -1.34. The van der Waals surface area contributed by atoms with Crippen molar-refractivity contribution < 1.29 is 9.18 Å². The van der Waals surface area contributed by atoms with Crippen molar-refractivity contribution >= 4 is 40.5 Å². The van der Waals surface area contributed by atoms with Crippen LogP contribution in [-0.4, -0.2) is 10.9 Å². The van der Waals surface area contributed by atoms with E-state index in [2.05, 4.69) is 10.3 Å². The highest BCUT2D eigenvalue weighted by molar-refractivity contribution is 6.33. The van der Waals surface area contributed by atoms with Gasteiger partial charge in [-0.15, -0.1) is 0 Å². The molecule has 19 heavy (non-hydrogen) atoms. The van der Waals surface area contributed by atoms with Crippen molar-refractivity contribution in [3.05, 3.63) is 52.0 Å². The van der Waals surface area contributed by atoms with Crippen LogP contribution in [0.2, 0.25) is 10.2 Å². The van der Waals surface area contributed by atoms with Crippen LogP contribution in [0.1, 0.15) is 10.4 Å². The summed E-state index contributed by atoms with van der Waals surface area (Å²) in [6.07, 6.45) is 1.32. The highest BCUT2D eigenvalue weighted by Gasteiger charge is 2.15. The van der Waals surface area contributed by atoms with Gasteiger partial charge in [-0.3, -0.25) is 4.79 Å². The first-order valence-electron chi connectivity index (χ1n) is 5.15. The van der Waals surface area contributed by atoms with Crippen molar-refractivity contribution in [3.8, 4) is 0 Å². The first kappa shape index (κ1) is 13.6. The molecule has 1 amide bonds. The Hall–Kier alpha value is -1.85. The quantitative estimate of drug-likeness (QED) is 0.836. The van der Waals surface area contributed by atoms with Crippen molar-refractivity contribution in [1.82, 2.24) is 4.98 Å². The van der Waals surface area contributed by atoms with Crippen LogP contribution < -0.4 is 11.1 Å². The molecule has 1 heterocycles. The van der Waals surface area contributed by atoms with Crippen LogP contribution in [0.5, 0.6) is 0 Å². The highest BCUT2D eigenvalue weighted by Crippen LogP contribution is 2.23. The van der Waals surface area contributed by atoms with E-state index in [-0.39, 0.29) is 27.1 Å². The highest BCUT2D eigenvalue weighted by atomic mass is 35.5. The van der Waals surface area contributed by atoms with E-state index in [0.29, 0.717) is 0 Å². The minimum atomic E-state index is -0.717. The van der Waals surface area contributed by atoms with Gasteiger partial charge in [-0.2, -0.15) is 0 Å². The second-order valence-corrected chi connectivity index (χ2v) is 4.43. The van der Waals surface area contributed by atoms with Gasteiger partial charge in [0.2, 0.25) is 0 Å². The van der Waals surface area contributed by atoms with E-state index in [1.807, 2.05) is 0 Å². The summed E-state index contributed by atoms with van der Waals surface area (Å²) in [6.45, 7) is 0. The predicted octanol–water partition coefficient (Wildman–Crippen LogP) is 3.36. The number of nitrogen functional groups attached to an aromatic ring is 1. The van der Waals surface area contributed by atoms with Gasteiger partial charge in [0, 0.05) is 0 Å². The lowest BCUT2D eigenvalue weighted by Crippen LogP contribution is -2.14. The lowest BCUT2D eigenvalue weighted by atomic mass is 10.2. The number of benzene rings is 1. The molecule has 98 valence electrons. The van der Waals surface area contributed by atoms with Crippen molar-refractivity contribution in [2.24, 2.45) is 0 Å². The third-order valence-corrected chi connectivity index (χ3v) is 2.90. The maximum absolute atomic E-state index is 13.6. The van der Waals surface area contributed by atoms with Gasteiger partial charge in [-0.25, -0.2) is 9.37 Å². The first-order chi connectivity index (χ1) is 8.99. The number of nitrogens with one attached hydrogen (secondary N) is 1. The number of halogens is 3. The Labute approximate surface area is 118 Å². The molecule has 0 aliphatic heterocycles. The molecule has 0 radical (unpaired) electrons. The van der Waals surface area contributed by atoms with Crippen LogP contribution in [0.3, 0.4) is 0 Å². The van der Waals surface area contributed by atoms with Crippen LogP contribution in [0.25, 0.3) is 0 Å². The number of hydrogen-bond donors (Lipinski definition) is 2. The summed E-state index contributed by atoms with van der Waals surface area (Å²) in [5, 5.41) is 2.25. The summed E-state index contributed by atoms with van der Waals surface area (Å²) in [6, 6.07) is 5.63. The maximum Gasteiger partial charge on any atom is 0.258 e. The molecular formula is C12H8Cl2FN3O. The molecule has 3 N–H and O–H groups in total. The molecule has 0 saturated carbocycles. The topological polar surface area (TPSA) is 68.0 Å². The second kappa shape index (κ2) is 5.42. The molecule has 0 saturated heterocycles. The summed E-state index contributed by atoms with van der Waals surface area (Å²) >= 11 is 11.4. The minimum Gasteiger partial charge on any atom is -0.397 e. The fourth-order valence-electron chi connectivity index (χ4n) is 1.41. The molecule has 0 spiro atoms. The van der Waals surface area contributed by atoms with Crippen LogP contribution >= 0.6 is 23.2 Å². The first-order valence-corrected chi connectivity index (χ1v) is 5.91. The van der Waals surface area contributed by atoms with E-state index < -0.39 is 11.7 Å². The van der Waals surface area contributed by atoms with Crippen molar-refractivity contribution in [1.29, 1.82) is 0 Å². The van der Waals surface area contributed by atoms with E-state index in [4.69, 9.17) is 28.9 Å². The lowest BCUT2D eigenvalue weighted by Gasteiger charge is -2.08. The molecule has 0 aliphatic carbocycles. The number of amides is 1. The number of hydrogen-bond acceptors (Lipinski definition) is 3. The molecule has 4 nitrogen and oxygen atoms in total. The minimum absolute atomic E-state index is 0.0193. The summed E-state index contributed by atoms with van der Waals surface area (Å²) in [4.78, 5) is 15.7. The molecule has 0 atom stereocenters. The zero-order chi connectivity index (χ0) is 14.0. The number of carbonyl (C=O) groups excluding carboxylic acids is 1. The fraction of sp³-hybridized carbons (Fsp3) is 0. The fourth-order valence-corrected chi connectivity index (χ4v) is 1.78. The summed E-state index contributed by atoms with van der Waals surface area (Å²) in [5.41, 5.74) is 5.81. The standard InChI is InChI=1S/C12H8Cl2FN3O/c13-8-2-1-3-9(10(8)15)18-12(19)7-4-6(16)5-17-11(7)14/h1-5H,16H2,(H,18,19). The summed E-state index contributed by atoms with van der Waals surface area (Å²) < 4.78 is 13.6. The maximum atomic E-state index is 13.6. The third kappa shape index (κ3) is 2.94. The molecule has 1 aromatic carbocycles. The SMILES string of the molecule is Nc1cnc(Cl)c(C(=O)Nc2cccc(Cl)c2F)c1. The largest absolute Gasteiger partial charge is 0.397 e. The number of rotatable bonds is 2. The number of pyridine rings is 1. The molecule has 2 aromatic rings. The van der Waals surface area contributed by atoms with Gasteiger partial charge in [0.15, 0.2) is 5.82 Å². The molecule has 2 rings (SSSR count). The number of carbonyl (C=O) groups is 1. The van der Waals surface area contributed by atoms with Gasteiger partial charge in [0.25, 0.3) is 5.91 Å².